The maximum absolute atomic E-state index is 13.0. The smallest absolute Gasteiger partial charge is 0.267 e. The van der Waals surface area contributed by atoms with E-state index in [0.29, 0.717) is 30.7 Å². The van der Waals surface area contributed by atoms with Crippen molar-refractivity contribution in [2.45, 2.75) is 31.2 Å². The van der Waals surface area contributed by atoms with Gasteiger partial charge in [0.1, 0.15) is 5.82 Å². The third-order valence-electron chi connectivity index (χ3n) is 6.15. The van der Waals surface area contributed by atoms with E-state index in [-0.39, 0.29) is 5.56 Å². The number of nitrogens with zero attached hydrogens (tertiary/aromatic N) is 3. The van der Waals surface area contributed by atoms with Gasteiger partial charge in [-0.2, -0.15) is 5.10 Å². The van der Waals surface area contributed by atoms with Crippen LogP contribution in [0.4, 0.5) is 5.82 Å². The van der Waals surface area contributed by atoms with E-state index in [2.05, 4.69) is 11.0 Å². The molecule has 0 radical (unpaired) electrons. The van der Waals surface area contributed by atoms with Crippen LogP contribution in [0.1, 0.15) is 31.2 Å². The molecule has 0 amide bonds. The van der Waals surface area contributed by atoms with Crippen molar-refractivity contribution in [3.63, 3.8) is 0 Å². The molecule has 4 rings (SSSR count). The van der Waals surface area contributed by atoms with Crippen molar-refractivity contribution in [1.29, 1.82) is 0 Å². The monoisotopic (exact) mass is 402 g/mol. The third-order valence-corrected chi connectivity index (χ3v) is 6.39. The van der Waals surface area contributed by atoms with Crippen LogP contribution in [0.3, 0.4) is 0 Å². The lowest BCUT2D eigenvalue weighted by molar-refractivity contribution is 0.121. The van der Waals surface area contributed by atoms with Crippen LogP contribution >= 0.6 is 11.6 Å². The van der Waals surface area contributed by atoms with Gasteiger partial charge in [-0.15, -0.1) is 0 Å². The molecule has 0 spiro atoms. The minimum Gasteiger partial charge on any atom is -0.378 e. The van der Waals surface area contributed by atoms with Gasteiger partial charge in [-0.25, -0.2) is 4.68 Å². The molecule has 2 aliphatic rings. The molecule has 1 aromatic carbocycles. The number of rotatable bonds is 4. The molecule has 28 heavy (non-hydrogen) atoms. The Morgan fingerprint density at radius 1 is 1.18 bits per heavy atom. The Morgan fingerprint density at radius 3 is 2.61 bits per heavy atom. The van der Waals surface area contributed by atoms with Gasteiger partial charge >= 0.3 is 0 Å². The molecule has 150 valence electrons. The van der Waals surface area contributed by atoms with Crippen molar-refractivity contribution in [2.24, 2.45) is 11.7 Å². The number of benzene rings is 1. The highest BCUT2D eigenvalue weighted by Gasteiger charge is 2.40. The fourth-order valence-corrected chi connectivity index (χ4v) is 4.65. The highest BCUT2D eigenvalue weighted by atomic mass is 35.5. The number of anilines is 1. The van der Waals surface area contributed by atoms with Gasteiger partial charge in [0.15, 0.2) is 0 Å². The molecule has 1 aromatic heterocycles. The highest BCUT2D eigenvalue weighted by molar-refractivity contribution is 6.30. The van der Waals surface area contributed by atoms with E-state index in [1.54, 1.807) is 10.7 Å². The Labute approximate surface area is 170 Å². The van der Waals surface area contributed by atoms with E-state index < -0.39 is 5.54 Å². The lowest BCUT2D eigenvalue weighted by atomic mass is 9.72. The normalized spacial score (nSPS) is 25.6. The molecule has 0 unspecified atom stereocenters. The van der Waals surface area contributed by atoms with Crippen LogP contribution in [0, 0.1) is 5.92 Å². The lowest BCUT2D eigenvalue weighted by Crippen LogP contribution is -2.47. The van der Waals surface area contributed by atoms with Gasteiger partial charge < -0.3 is 15.4 Å². The molecule has 0 atom stereocenters. The maximum Gasteiger partial charge on any atom is 0.267 e. The Morgan fingerprint density at radius 2 is 1.93 bits per heavy atom. The first-order chi connectivity index (χ1) is 13.6. The lowest BCUT2D eigenvalue weighted by Gasteiger charge is -2.41. The number of halogens is 1. The van der Waals surface area contributed by atoms with Gasteiger partial charge in [-0.05, 0) is 61.9 Å². The van der Waals surface area contributed by atoms with Gasteiger partial charge in [0, 0.05) is 24.2 Å². The van der Waals surface area contributed by atoms with Crippen molar-refractivity contribution in [2.75, 3.05) is 37.7 Å². The number of hydrogen-bond acceptors (Lipinski definition) is 5. The van der Waals surface area contributed by atoms with Gasteiger partial charge in [-0.3, -0.25) is 4.79 Å². The zero-order valence-electron chi connectivity index (χ0n) is 16.0. The standard InChI is InChI=1S/C21H27ClN4O2/c22-18-3-1-2-17(14-18)21(8-6-16(15-23)7-9-21)26-20(27)5-4-19(24-26)25-10-12-28-13-11-25/h1-5,14,16H,6-13,15,23H2. The van der Waals surface area contributed by atoms with E-state index >= 15 is 0 Å². The first-order valence-electron chi connectivity index (χ1n) is 10.0. The summed E-state index contributed by atoms with van der Waals surface area (Å²) in [7, 11) is 0. The minimum atomic E-state index is -0.490. The topological polar surface area (TPSA) is 73.4 Å². The van der Waals surface area contributed by atoms with Crippen LogP contribution in [-0.2, 0) is 10.3 Å². The van der Waals surface area contributed by atoms with Crippen molar-refractivity contribution < 1.29 is 4.74 Å². The van der Waals surface area contributed by atoms with Gasteiger partial charge in [0.25, 0.3) is 5.56 Å². The number of morpholine rings is 1. The first-order valence-corrected chi connectivity index (χ1v) is 10.4. The molecule has 0 bridgehead atoms. The summed E-state index contributed by atoms with van der Waals surface area (Å²) in [5.41, 5.74) is 6.40. The fraction of sp³-hybridized carbons (Fsp3) is 0.524. The van der Waals surface area contributed by atoms with Crippen molar-refractivity contribution >= 4 is 17.4 Å². The summed E-state index contributed by atoms with van der Waals surface area (Å²) in [5, 5.41) is 5.53. The van der Waals surface area contributed by atoms with E-state index in [1.165, 1.54) is 0 Å². The second-order valence-corrected chi connectivity index (χ2v) is 8.20. The Kier molecular flexibility index (Phi) is 5.71. The highest BCUT2D eigenvalue weighted by Crippen LogP contribution is 2.42. The van der Waals surface area contributed by atoms with Gasteiger partial charge in [0.2, 0.25) is 0 Å². The molecule has 1 aliphatic carbocycles. The minimum absolute atomic E-state index is 0.0804. The third kappa shape index (κ3) is 3.69. The van der Waals surface area contributed by atoms with Crippen LogP contribution in [-0.4, -0.2) is 42.6 Å². The van der Waals surface area contributed by atoms with Crippen LogP contribution in [0.5, 0.6) is 0 Å². The summed E-state index contributed by atoms with van der Waals surface area (Å²) >= 11 is 6.31. The molecule has 2 aromatic rings. The molecule has 1 aliphatic heterocycles. The first kappa shape index (κ1) is 19.4. The van der Waals surface area contributed by atoms with E-state index in [0.717, 1.165) is 50.2 Å². The second kappa shape index (κ2) is 8.23. The molecule has 2 fully saturated rings. The number of nitrogens with two attached hydrogens (primary N) is 1. The quantitative estimate of drug-likeness (QED) is 0.851. The Bertz CT molecular complexity index is 871. The van der Waals surface area contributed by atoms with Crippen LogP contribution < -0.4 is 16.2 Å². The Balaban J connectivity index is 1.79. The largest absolute Gasteiger partial charge is 0.378 e. The number of aromatic nitrogens is 2. The van der Waals surface area contributed by atoms with Crippen molar-refractivity contribution in [1.82, 2.24) is 9.78 Å². The summed E-state index contributed by atoms with van der Waals surface area (Å²) in [5.74, 6) is 1.32. The summed E-state index contributed by atoms with van der Waals surface area (Å²) in [6, 6.07) is 11.3. The molecular formula is C21H27ClN4O2. The van der Waals surface area contributed by atoms with Gasteiger partial charge in [-0.1, -0.05) is 23.7 Å². The van der Waals surface area contributed by atoms with Crippen molar-refractivity contribution in [3.05, 3.63) is 57.3 Å². The SMILES string of the molecule is NCC1CCC(c2cccc(Cl)c2)(n2nc(N3CCOCC3)ccc2=O)CC1. The molecule has 2 heterocycles. The predicted molar refractivity (Wildman–Crippen MR) is 111 cm³/mol. The van der Waals surface area contributed by atoms with E-state index in [9.17, 15) is 4.79 Å². The molecule has 2 N–H and O–H groups in total. The molecular weight excluding hydrogens is 376 g/mol. The van der Waals surface area contributed by atoms with E-state index in [1.807, 2.05) is 24.3 Å². The van der Waals surface area contributed by atoms with E-state index in [4.69, 9.17) is 27.2 Å². The fourth-order valence-electron chi connectivity index (χ4n) is 4.46. The second-order valence-electron chi connectivity index (χ2n) is 7.76. The summed E-state index contributed by atoms with van der Waals surface area (Å²) < 4.78 is 7.16. The molecule has 6 nitrogen and oxygen atoms in total. The zero-order chi connectivity index (χ0) is 19.6. The summed E-state index contributed by atoms with van der Waals surface area (Å²) in [4.78, 5) is 15.1. The molecule has 1 saturated carbocycles. The average molecular weight is 403 g/mol. The number of hydrogen-bond donors (Lipinski definition) is 1. The average Bonchev–Trinajstić information content (AvgIpc) is 2.75. The van der Waals surface area contributed by atoms with Crippen LogP contribution in [0.25, 0.3) is 0 Å². The maximum atomic E-state index is 13.0. The predicted octanol–water partition coefficient (Wildman–Crippen LogP) is 2.63. The van der Waals surface area contributed by atoms with Gasteiger partial charge in [0.05, 0.1) is 18.8 Å². The van der Waals surface area contributed by atoms with Crippen LogP contribution in [0.15, 0.2) is 41.2 Å². The summed E-state index contributed by atoms with van der Waals surface area (Å²) in [6.45, 7) is 3.61. The Hall–Kier alpha value is -1.89. The van der Waals surface area contributed by atoms with Crippen LogP contribution in [0.2, 0.25) is 5.02 Å². The zero-order valence-corrected chi connectivity index (χ0v) is 16.8. The molecule has 7 heteroatoms. The van der Waals surface area contributed by atoms with Crippen molar-refractivity contribution in [3.8, 4) is 0 Å². The summed E-state index contributed by atoms with van der Waals surface area (Å²) in [6.07, 6.45) is 3.60. The molecule has 1 saturated heterocycles. The number of ether oxygens (including phenoxy) is 1.